The van der Waals surface area contributed by atoms with Crippen LogP contribution in [0.5, 0.6) is 11.5 Å². The van der Waals surface area contributed by atoms with Gasteiger partial charge in [0.05, 0.1) is 0 Å². The molecular weight excluding hydrogens is 258 g/mol. The highest BCUT2D eigenvalue weighted by molar-refractivity contribution is 5.44. The van der Waals surface area contributed by atoms with Crippen molar-refractivity contribution in [2.45, 2.75) is 39.5 Å². The molecule has 0 fully saturated rings. The standard InChI is InChI=1S/C19H25NO/c1-14-8-9-17(19(2,3)4)18(12-14)21-16-7-5-6-15(13-16)10-11-20/h5-9,12-13H,10-11,20H2,1-4H3. The molecule has 0 saturated heterocycles. The fourth-order valence-electron chi connectivity index (χ4n) is 2.39. The van der Waals surface area contributed by atoms with Crippen LogP contribution in [-0.4, -0.2) is 6.54 Å². The van der Waals surface area contributed by atoms with Crippen LogP contribution in [0.1, 0.15) is 37.5 Å². The lowest BCUT2D eigenvalue weighted by Gasteiger charge is -2.23. The highest BCUT2D eigenvalue weighted by Gasteiger charge is 2.19. The number of rotatable bonds is 4. The molecule has 0 unspecified atom stereocenters. The normalized spacial score (nSPS) is 11.5. The predicted octanol–water partition coefficient (Wildman–Crippen LogP) is 4.59. The summed E-state index contributed by atoms with van der Waals surface area (Å²) in [5.74, 6) is 1.81. The molecule has 2 rings (SSSR count). The average Bonchev–Trinajstić information content (AvgIpc) is 2.38. The van der Waals surface area contributed by atoms with Crippen LogP contribution in [-0.2, 0) is 11.8 Å². The minimum Gasteiger partial charge on any atom is -0.457 e. The second-order valence-corrected chi connectivity index (χ2v) is 6.54. The van der Waals surface area contributed by atoms with Gasteiger partial charge in [0.25, 0.3) is 0 Å². The van der Waals surface area contributed by atoms with Gasteiger partial charge in [0.15, 0.2) is 0 Å². The van der Waals surface area contributed by atoms with Crippen LogP contribution in [0.2, 0.25) is 0 Å². The van der Waals surface area contributed by atoms with E-state index in [-0.39, 0.29) is 5.41 Å². The van der Waals surface area contributed by atoms with Gasteiger partial charge >= 0.3 is 0 Å². The van der Waals surface area contributed by atoms with Gasteiger partial charge in [-0.3, -0.25) is 0 Å². The van der Waals surface area contributed by atoms with E-state index >= 15 is 0 Å². The van der Waals surface area contributed by atoms with Crippen LogP contribution in [0, 0.1) is 6.92 Å². The number of aryl methyl sites for hydroxylation is 1. The topological polar surface area (TPSA) is 35.2 Å². The van der Waals surface area contributed by atoms with Gasteiger partial charge in [0.1, 0.15) is 11.5 Å². The molecule has 112 valence electrons. The van der Waals surface area contributed by atoms with Gasteiger partial charge < -0.3 is 10.5 Å². The van der Waals surface area contributed by atoms with Crippen molar-refractivity contribution >= 4 is 0 Å². The number of hydrogen-bond donors (Lipinski definition) is 1. The van der Waals surface area contributed by atoms with E-state index < -0.39 is 0 Å². The van der Waals surface area contributed by atoms with E-state index in [0.717, 1.165) is 17.9 Å². The Morgan fingerprint density at radius 1 is 1.05 bits per heavy atom. The Balaban J connectivity index is 2.34. The molecule has 2 heteroatoms. The maximum Gasteiger partial charge on any atom is 0.131 e. The molecule has 0 radical (unpaired) electrons. The fraction of sp³-hybridized carbons (Fsp3) is 0.368. The van der Waals surface area contributed by atoms with E-state index in [0.29, 0.717) is 6.54 Å². The van der Waals surface area contributed by atoms with Gasteiger partial charge in [-0.15, -0.1) is 0 Å². The van der Waals surface area contributed by atoms with Crippen LogP contribution < -0.4 is 10.5 Å². The SMILES string of the molecule is Cc1ccc(C(C)(C)C)c(Oc2cccc(CCN)c2)c1. The molecule has 2 nitrogen and oxygen atoms in total. The van der Waals surface area contributed by atoms with Gasteiger partial charge in [0, 0.05) is 5.56 Å². The summed E-state index contributed by atoms with van der Waals surface area (Å²) in [6.07, 6.45) is 0.872. The lowest BCUT2D eigenvalue weighted by Crippen LogP contribution is -2.12. The number of hydrogen-bond acceptors (Lipinski definition) is 2. The monoisotopic (exact) mass is 283 g/mol. The fourth-order valence-corrected chi connectivity index (χ4v) is 2.39. The lowest BCUT2D eigenvalue weighted by molar-refractivity contribution is 0.454. The molecule has 0 aliphatic rings. The summed E-state index contributed by atoms with van der Waals surface area (Å²) >= 11 is 0. The Labute approximate surface area is 127 Å². The van der Waals surface area contributed by atoms with E-state index in [1.54, 1.807) is 0 Å². The van der Waals surface area contributed by atoms with Crippen molar-refractivity contribution < 1.29 is 4.74 Å². The zero-order valence-electron chi connectivity index (χ0n) is 13.4. The van der Waals surface area contributed by atoms with E-state index in [4.69, 9.17) is 10.5 Å². The summed E-state index contributed by atoms with van der Waals surface area (Å²) in [6.45, 7) is 9.35. The van der Waals surface area contributed by atoms with Crippen molar-refractivity contribution in [3.63, 3.8) is 0 Å². The Hall–Kier alpha value is -1.80. The Morgan fingerprint density at radius 2 is 1.81 bits per heavy atom. The molecule has 2 aromatic carbocycles. The molecule has 0 bridgehead atoms. The molecule has 0 saturated carbocycles. The van der Waals surface area contributed by atoms with Crippen molar-refractivity contribution in [2.24, 2.45) is 5.73 Å². The summed E-state index contributed by atoms with van der Waals surface area (Å²) in [5, 5.41) is 0. The summed E-state index contributed by atoms with van der Waals surface area (Å²) in [5.41, 5.74) is 9.31. The minimum atomic E-state index is 0.0535. The van der Waals surface area contributed by atoms with Gasteiger partial charge in [0.2, 0.25) is 0 Å². The van der Waals surface area contributed by atoms with Crippen LogP contribution in [0.15, 0.2) is 42.5 Å². The molecule has 21 heavy (non-hydrogen) atoms. The third-order valence-electron chi connectivity index (χ3n) is 3.50. The van der Waals surface area contributed by atoms with Gasteiger partial charge in [-0.2, -0.15) is 0 Å². The molecule has 0 spiro atoms. The Kier molecular flexibility index (Phi) is 4.69. The smallest absolute Gasteiger partial charge is 0.131 e. The molecule has 0 aliphatic heterocycles. The van der Waals surface area contributed by atoms with Crippen molar-refractivity contribution in [2.75, 3.05) is 6.54 Å². The van der Waals surface area contributed by atoms with Crippen LogP contribution >= 0.6 is 0 Å². The zero-order chi connectivity index (χ0) is 15.5. The van der Waals surface area contributed by atoms with E-state index in [2.05, 4.69) is 58.0 Å². The molecular formula is C19H25NO. The largest absolute Gasteiger partial charge is 0.457 e. The predicted molar refractivity (Wildman–Crippen MR) is 89.2 cm³/mol. The zero-order valence-corrected chi connectivity index (χ0v) is 13.4. The molecule has 0 aliphatic carbocycles. The molecule has 0 atom stereocenters. The number of nitrogens with two attached hydrogens (primary N) is 1. The van der Waals surface area contributed by atoms with E-state index in [1.807, 2.05) is 12.1 Å². The first kappa shape index (κ1) is 15.6. The molecule has 0 aromatic heterocycles. The average molecular weight is 283 g/mol. The second-order valence-electron chi connectivity index (χ2n) is 6.54. The first-order valence-electron chi connectivity index (χ1n) is 7.48. The lowest BCUT2D eigenvalue weighted by atomic mass is 9.86. The van der Waals surface area contributed by atoms with Crippen molar-refractivity contribution in [1.82, 2.24) is 0 Å². The quantitative estimate of drug-likeness (QED) is 0.891. The molecule has 2 N–H and O–H groups in total. The number of ether oxygens (including phenoxy) is 1. The van der Waals surface area contributed by atoms with Crippen molar-refractivity contribution in [3.05, 3.63) is 59.2 Å². The summed E-state index contributed by atoms with van der Waals surface area (Å²) in [6, 6.07) is 14.6. The van der Waals surface area contributed by atoms with Crippen LogP contribution in [0.25, 0.3) is 0 Å². The highest BCUT2D eigenvalue weighted by Crippen LogP contribution is 2.35. The van der Waals surface area contributed by atoms with Gasteiger partial charge in [-0.25, -0.2) is 0 Å². The second kappa shape index (κ2) is 6.31. The maximum atomic E-state index is 6.16. The Bertz CT molecular complexity index is 611. The molecule has 0 amide bonds. The summed E-state index contributed by atoms with van der Waals surface area (Å²) < 4.78 is 6.16. The Morgan fingerprint density at radius 3 is 2.48 bits per heavy atom. The van der Waals surface area contributed by atoms with Crippen LogP contribution in [0.3, 0.4) is 0 Å². The van der Waals surface area contributed by atoms with Crippen molar-refractivity contribution in [3.8, 4) is 11.5 Å². The first-order valence-corrected chi connectivity index (χ1v) is 7.48. The van der Waals surface area contributed by atoms with Crippen molar-refractivity contribution in [1.29, 1.82) is 0 Å². The molecule has 2 aromatic rings. The number of benzene rings is 2. The highest BCUT2D eigenvalue weighted by atomic mass is 16.5. The van der Waals surface area contributed by atoms with Gasteiger partial charge in [-0.1, -0.05) is 45.0 Å². The minimum absolute atomic E-state index is 0.0535. The molecule has 0 heterocycles. The van der Waals surface area contributed by atoms with E-state index in [9.17, 15) is 0 Å². The summed E-state index contributed by atoms with van der Waals surface area (Å²) in [7, 11) is 0. The summed E-state index contributed by atoms with van der Waals surface area (Å²) in [4.78, 5) is 0. The third kappa shape index (κ3) is 4.08. The van der Waals surface area contributed by atoms with E-state index in [1.165, 1.54) is 16.7 Å². The van der Waals surface area contributed by atoms with Gasteiger partial charge in [-0.05, 0) is 54.6 Å². The first-order chi connectivity index (χ1) is 9.90. The third-order valence-corrected chi connectivity index (χ3v) is 3.50. The van der Waals surface area contributed by atoms with Crippen LogP contribution in [0.4, 0.5) is 0 Å². The maximum absolute atomic E-state index is 6.16.